The van der Waals surface area contributed by atoms with Gasteiger partial charge in [-0.25, -0.2) is 19.9 Å². The topological polar surface area (TPSA) is 157 Å². The van der Waals surface area contributed by atoms with Crippen molar-refractivity contribution in [3.8, 4) is 22.8 Å². The van der Waals surface area contributed by atoms with Crippen LogP contribution in [-0.4, -0.2) is 55.1 Å². The van der Waals surface area contributed by atoms with E-state index in [0.29, 0.717) is 28.2 Å². The number of nitrogens with zero attached hydrogens (tertiary/aromatic N) is 7. The lowest BCUT2D eigenvalue weighted by Crippen LogP contribution is -2.31. The maximum absolute atomic E-state index is 12.5. The highest BCUT2D eigenvalue weighted by molar-refractivity contribution is 8.15. The summed E-state index contributed by atoms with van der Waals surface area (Å²) in [5.74, 6) is -0.490. The van der Waals surface area contributed by atoms with Gasteiger partial charge in [-0.15, -0.1) is 18.3 Å². The molecule has 3 aromatic carbocycles. The van der Waals surface area contributed by atoms with Crippen molar-refractivity contribution in [3.63, 3.8) is 0 Å². The predicted molar refractivity (Wildman–Crippen MR) is 155 cm³/mol. The molecule has 1 saturated heterocycles. The maximum atomic E-state index is 12.5. The number of nitro groups is 1. The second-order valence-electron chi connectivity index (χ2n) is 9.01. The molecule has 3 amide bonds. The molecule has 1 fully saturated rings. The Morgan fingerprint density at radius 2 is 1.86 bits per heavy atom. The Labute approximate surface area is 250 Å². The van der Waals surface area contributed by atoms with Crippen molar-refractivity contribution in [3.05, 3.63) is 94.3 Å². The molecule has 44 heavy (non-hydrogen) atoms. The van der Waals surface area contributed by atoms with Gasteiger partial charge in [0, 0.05) is 11.6 Å². The normalized spacial score (nSPS) is 14.4. The minimum Gasteiger partial charge on any atom is -0.406 e. The van der Waals surface area contributed by atoms with E-state index < -0.39 is 23.2 Å². The number of carbonyl (C=O) groups is 2. The van der Waals surface area contributed by atoms with Gasteiger partial charge in [0.2, 0.25) is 5.91 Å². The van der Waals surface area contributed by atoms with E-state index in [9.17, 15) is 32.9 Å². The van der Waals surface area contributed by atoms with E-state index in [4.69, 9.17) is 0 Å². The minimum absolute atomic E-state index is 0.0155. The number of rotatable bonds is 7. The highest BCUT2D eigenvalue weighted by atomic mass is 32.2. The molecule has 1 N–H and O–H groups in total. The Kier molecular flexibility index (Phi) is 8.38. The largest absolute Gasteiger partial charge is 0.573 e. The fraction of sp³-hybridized carbons (Fsp3) is 0.111. The molecule has 0 bridgehead atoms. The summed E-state index contributed by atoms with van der Waals surface area (Å²) >= 11 is 0.971. The molecular formula is C27H19F3N8O5S. The summed E-state index contributed by atoms with van der Waals surface area (Å²) in [5, 5.41) is 19.7. The molecule has 0 saturated carbocycles. The van der Waals surface area contributed by atoms with Gasteiger partial charge in [0.25, 0.3) is 5.69 Å². The number of carbonyl (C=O) groups excluding carboxylic acids is 2. The van der Waals surface area contributed by atoms with Crippen molar-refractivity contribution < 1.29 is 32.4 Å². The quantitative estimate of drug-likeness (QED) is 0.166. The number of urea groups is 1. The van der Waals surface area contributed by atoms with Crippen LogP contribution in [0.2, 0.25) is 0 Å². The van der Waals surface area contributed by atoms with Crippen molar-refractivity contribution in [1.29, 1.82) is 0 Å². The number of anilines is 1. The van der Waals surface area contributed by atoms with Crippen LogP contribution in [0.3, 0.4) is 0 Å². The second-order valence-corrected chi connectivity index (χ2v) is 9.96. The van der Waals surface area contributed by atoms with E-state index in [1.54, 1.807) is 37.3 Å². The molecule has 13 nitrogen and oxygen atoms in total. The SMILES string of the molecule is Cc1ccc([N+](=O)[O-])c(N2C(=O)CS/C2=N\C(=O)N/N=C/c2ccc(-c3ncn(-c4ccc(OC(F)(F)F)cc4)n3)cc2)c1. The molecule has 2 heterocycles. The lowest BCUT2D eigenvalue weighted by atomic mass is 10.1. The Balaban J connectivity index is 1.22. The monoisotopic (exact) mass is 624 g/mol. The molecule has 0 radical (unpaired) electrons. The number of amides is 3. The lowest BCUT2D eigenvalue weighted by Gasteiger charge is -2.16. The van der Waals surface area contributed by atoms with Crippen LogP contribution in [0.5, 0.6) is 5.75 Å². The summed E-state index contributed by atoms with van der Waals surface area (Å²) < 4.78 is 42.4. The predicted octanol–water partition coefficient (Wildman–Crippen LogP) is 5.23. The number of halogens is 3. The average Bonchev–Trinajstić information content (AvgIpc) is 3.60. The standard InChI is InChI=1S/C27H19F3N8O5S/c1-16-2-11-21(38(41)42)22(12-16)37-23(39)14-44-26(37)33-25(40)34-32-13-17-3-5-18(6-4-17)24-31-15-36(35-24)19-7-9-20(10-8-19)43-27(28,29)30/h2-13,15H,14H2,1H3,(H,34,40)/b32-13+,33-26-. The fourth-order valence-electron chi connectivity index (χ4n) is 3.96. The highest BCUT2D eigenvalue weighted by Gasteiger charge is 2.35. The Morgan fingerprint density at radius 1 is 1.14 bits per heavy atom. The van der Waals surface area contributed by atoms with Gasteiger partial charge in [-0.3, -0.25) is 19.8 Å². The number of hydrogen-bond acceptors (Lipinski definition) is 9. The zero-order valence-corrected chi connectivity index (χ0v) is 23.2. The number of amidine groups is 1. The van der Waals surface area contributed by atoms with Crippen molar-refractivity contribution in [2.24, 2.45) is 10.1 Å². The molecule has 5 rings (SSSR count). The molecule has 0 spiro atoms. The van der Waals surface area contributed by atoms with Crippen LogP contribution < -0.4 is 15.1 Å². The van der Waals surface area contributed by atoms with Gasteiger partial charge in [0.05, 0.1) is 22.6 Å². The molecule has 1 aromatic heterocycles. The van der Waals surface area contributed by atoms with Gasteiger partial charge in [0.15, 0.2) is 11.0 Å². The van der Waals surface area contributed by atoms with Gasteiger partial charge >= 0.3 is 12.4 Å². The zero-order chi connectivity index (χ0) is 31.4. The van der Waals surface area contributed by atoms with Crippen LogP contribution in [0.15, 0.2) is 83.2 Å². The average molecular weight is 625 g/mol. The van der Waals surface area contributed by atoms with Crippen LogP contribution in [0.25, 0.3) is 17.1 Å². The molecule has 1 aliphatic rings. The van der Waals surface area contributed by atoms with E-state index >= 15 is 0 Å². The molecule has 0 aliphatic carbocycles. The van der Waals surface area contributed by atoms with Crippen molar-refractivity contribution in [1.82, 2.24) is 20.2 Å². The fourth-order valence-corrected chi connectivity index (χ4v) is 4.82. The van der Waals surface area contributed by atoms with Crippen molar-refractivity contribution >= 4 is 46.5 Å². The number of aromatic nitrogens is 3. The van der Waals surface area contributed by atoms with Crippen LogP contribution in [-0.2, 0) is 4.79 Å². The number of nitrogens with one attached hydrogen (secondary N) is 1. The van der Waals surface area contributed by atoms with E-state index in [1.807, 2.05) is 0 Å². The number of benzene rings is 3. The third-order valence-corrected chi connectivity index (χ3v) is 6.82. The smallest absolute Gasteiger partial charge is 0.406 e. The Morgan fingerprint density at radius 3 is 2.55 bits per heavy atom. The van der Waals surface area contributed by atoms with E-state index in [1.165, 1.54) is 53.6 Å². The van der Waals surface area contributed by atoms with Gasteiger partial charge < -0.3 is 4.74 Å². The van der Waals surface area contributed by atoms with Crippen LogP contribution in [0.1, 0.15) is 11.1 Å². The summed E-state index contributed by atoms with van der Waals surface area (Å²) in [6.07, 6.45) is -2.02. The van der Waals surface area contributed by atoms with Gasteiger partial charge in [-0.1, -0.05) is 42.1 Å². The Bertz CT molecular complexity index is 1790. The number of ether oxygens (including phenoxy) is 1. The second kappa shape index (κ2) is 12.3. The molecule has 0 atom stereocenters. The summed E-state index contributed by atoms with van der Waals surface area (Å²) in [7, 11) is 0. The number of aryl methyl sites for hydroxylation is 1. The van der Waals surface area contributed by atoms with Gasteiger partial charge in [0.1, 0.15) is 17.8 Å². The first-order valence-electron chi connectivity index (χ1n) is 12.5. The van der Waals surface area contributed by atoms with Crippen LogP contribution in [0, 0.1) is 17.0 Å². The van der Waals surface area contributed by atoms with E-state index in [-0.39, 0.29) is 28.0 Å². The molecule has 4 aromatic rings. The lowest BCUT2D eigenvalue weighted by molar-refractivity contribution is -0.384. The van der Waals surface area contributed by atoms with Crippen molar-refractivity contribution in [2.45, 2.75) is 13.3 Å². The third-order valence-electron chi connectivity index (χ3n) is 5.90. The summed E-state index contributed by atoms with van der Waals surface area (Å²) in [5.41, 5.74) is 4.36. The van der Waals surface area contributed by atoms with E-state index in [0.717, 1.165) is 16.7 Å². The zero-order valence-electron chi connectivity index (χ0n) is 22.4. The number of aliphatic imine (C=N–C) groups is 1. The van der Waals surface area contributed by atoms with Crippen LogP contribution >= 0.6 is 11.8 Å². The summed E-state index contributed by atoms with van der Waals surface area (Å²) in [4.78, 5) is 44.9. The summed E-state index contributed by atoms with van der Waals surface area (Å²) in [6, 6.07) is 15.4. The highest BCUT2D eigenvalue weighted by Crippen LogP contribution is 2.35. The number of alkyl halides is 3. The Hall–Kier alpha value is -5.58. The minimum atomic E-state index is -4.79. The molecular weight excluding hydrogens is 605 g/mol. The first kappa shape index (κ1) is 29.9. The number of nitro benzene ring substituents is 1. The molecule has 224 valence electrons. The molecule has 17 heteroatoms. The maximum Gasteiger partial charge on any atom is 0.573 e. The molecule has 0 unspecified atom stereocenters. The third kappa shape index (κ3) is 7.06. The first-order chi connectivity index (χ1) is 21.0. The van der Waals surface area contributed by atoms with Crippen LogP contribution in [0.4, 0.5) is 29.3 Å². The number of hydrogen-bond donors (Lipinski definition) is 1. The van der Waals surface area contributed by atoms with Gasteiger partial charge in [-0.2, -0.15) is 10.1 Å². The number of hydrazone groups is 1. The van der Waals surface area contributed by atoms with Crippen molar-refractivity contribution in [2.75, 3.05) is 10.7 Å². The first-order valence-corrected chi connectivity index (χ1v) is 13.5. The molecule has 1 aliphatic heterocycles. The summed E-state index contributed by atoms with van der Waals surface area (Å²) in [6.45, 7) is 1.72. The van der Waals surface area contributed by atoms with E-state index in [2.05, 4.69) is 30.3 Å². The number of thioether (sulfide) groups is 1. The van der Waals surface area contributed by atoms with Gasteiger partial charge in [-0.05, 0) is 48.4 Å².